The van der Waals surface area contributed by atoms with Gasteiger partial charge in [-0.15, -0.1) is 11.3 Å². The summed E-state index contributed by atoms with van der Waals surface area (Å²) in [4.78, 5) is 13.3. The largest absolute Gasteiger partial charge is 0.347 e. The quantitative estimate of drug-likeness (QED) is 0.798. The summed E-state index contributed by atoms with van der Waals surface area (Å²) in [5, 5.41) is 5.12. The van der Waals surface area contributed by atoms with Gasteiger partial charge in [-0.1, -0.05) is 39.7 Å². The van der Waals surface area contributed by atoms with Crippen LogP contribution in [0.15, 0.2) is 17.5 Å². The van der Waals surface area contributed by atoms with Gasteiger partial charge in [0.1, 0.15) is 0 Å². The number of hydrogen-bond donors (Lipinski definition) is 2. The van der Waals surface area contributed by atoms with Crippen LogP contribution in [-0.2, 0) is 4.79 Å². The number of thiophene rings is 1. The minimum absolute atomic E-state index is 0.0313. The molecule has 0 saturated heterocycles. The van der Waals surface area contributed by atoms with Gasteiger partial charge in [-0.05, 0) is 23.8 Å². The Balaban J connectivity index is 2.64. The first-order valence-electron chi connectivity index (χ1n) is 6.69. The number of rotatable bonds is 7. The molecule has 0 spiro atoms. The normalized spacial score (nSPS) is 16.0. The van der Waals surface area contributed by atoms with E-state index >= 15 is 0 Å². The van der Waals surface area contributed by atoms with Crippen LogP contribution in [0.2, 0.25) is 0 Å². The molecule has 1 aromatic heterocycles. The Morgan fingerprint density at radius 2 is 2.22 bits per heavy atom. The maximum Gasteiger partial charge on any atom is 0.237 e. The van der Waals surface area contributed by atoms with Gasteiger partial charge in [-0.3, -0.25) is 4.79 Å². The molecule has 102 valence electrons. The third-order valence-corrected chi connectivity index (χ3v) is 4.33. The number of nitrogens with one attached hydrogen (secondary N) is 1. The maximum absolute atomic E-state index is 12.1. The monoisotopic (exact) mass is 268 g/mol. The molecule has 0 fully saturated rings. The van der Waals surface area contributed by atoms with E-state index in [1.54, 1.807) is 11.3 Å². The van der Waals surface area contributed by atoms with Crippen molar-refractivity contribution < 1.29 is 4.79 Å². The molecule has 0 bridgehead atoms. The topological polar surface area (TPSA) is 55.1 Å². The van der Waals surface area contributed by atoms with Crippen molar-refractivity contribution in [3.8, 4) is 0 Å². The van der Waals surface area contributed by atoms with Crippen LogP contribution in [0.25, 0.3) is 0 Å². The first-order chi connectivity index (χ1) is 8.60. The van der Waals surface area contributed by atoms with Crippen molar-refractivity contribution in [2.24, 2.45) is 11.7 Å². The first-order valence-corrected chi connectivity index (χ1v) is 7.57. The first kappa shape index (κ1) is 15.2. The second-order valence-corrected chi connectivity index (χ2v) is 5.76. The third kappa shape index (κ3) is 4.10. The lowest BCUT2D eigenvalue weighted by Crippen LogP contribution is -2.45. The van der Waals surface area contributed by atoms with Crippen LogP contribution in [0.5, 0.6) is 0 Å². The van der Waals surface area contributed by atoms with E-state index in [-0.39, 0.29) is 17.9 Å². The second kappa shape index (κ2) is 7.54. The molecule has 1 unspecified atom stereocenters. The van der Waals surface area contributed by atoms with E-state index in [2.05, 4.69) is 25.2 Å². The van der Waals surface area contributed by atoms with E-state index in [0.717, 1.165) is 19.3 Å². The van der Waals surface area contributed by atoms with E-state index in [1.807, 2.05) is 18.4 Å². The number of amides is 1. The Labute approximate surface area is 114 Å². The van der Waals surface area contributed by atoms with Crippen molar-refractivity contribution >= 4 is 17.2 Å². The summed E-state index contributed by atoms with van der Waals surface area (Å²) in [5.41, 5.74) is 5.96. The molecular formula is C14H24N2OS. The zero-order chi connectivity index (χ0) is 13.5. The zero-order valence-electron chi connectivity index (χ0n) is 11.5. The highest BCUT2D eigenvalue weighted by Gasteiger charge is 2.22. The van der Waals surface area contributed by atoms with Gasteiger partial charge in [0.25, 0.3) is 0 Å². The van der Waals surface area contributed by atoms with Crippen molar-refractivity contribution in [3.63, 3.8) is 0 Å². The molecule has 1 heterocycles. The molecule has 0 saturated carbocycles. The van der Waals surface area contributed by atoms with Crippen LogP contribution in [-0.4, -0.2) is 11.9 Å². The summed E-state index contributed by atoms with van der Waals surface area (Å²) in [6.07, 6.45) is 2.92. The molecule has 3 N–H and O–H groups in total. The number of carbonyl (C=O) groups is 1. The summed E-state index contributed by atoms with van der Waals surface area (Å²) >= 11 is 1.68. The Morgan fingerprint density at radius 3 is 2.72 bits per heavy atom. The number of nitrogens with two attached hydrogens (primary N) is 1. The lowest BCUT2D eigenvalue weighted by molar-refractivity contribution is -0.124. The molecule has 0 aliphatic carbocycles. The van der Waals surface area contributed by atoms with Crippen LogP contribution in [0.3, 0.4) is 0 Å². The third-order valence-electron chi connectivity index (χ3n) is 3.34. The summed E-state index contributed by atoms with van der Waals surface area (Å²) in [7, 11) is 0. The van der Waals surface area contributed by atoms with E-state index in [9.17, 15) is 4.79 Å². The Kier molecular flexibility index (Phi) is 6.36. The van der Waals surface area contributed by atoms with E-state index in [0.29, 0.717) is 0 Å². The van der Waals surface area contributed by atoms with Crippen LogP contribution in [0, 0.1) is 5.92 Å². The SMILES string of the molecule is CCCC(NC(=O)[C@@H](N)[C@@H](C)CC)c1cccs1. The van der Waals surface area contributed by atoms with Gasteiger partial charge in [0.05, 0.1) is 12.1 Å². The van der Waals surface area contributed by atoms with Crippen molar-refractivity contribution in [1.82, 2.24) is 5.32 Å². The molecule has 1 aromatic rings. The van der Waals surface area contributed by atoms with Gasteiger partial charge in [0.15, 0.2) is 0 Å². The van der Waals surface area contributed by atoms with E-state index < -0.39 is 6.04 Å². The molecule has 0 aliphatic rings. The zero-order valence-corrected chi connectivity index (χ0v) is 12.3. The molecule has 3 nitrogen and oxygen atoms in total. The van der Waals surface area contributed by atoms with Crippen LogP contribution < -0.4 is 11.1 Å². The fourth-order valence-corrected chi connectivity index (χ4v) is 2.66. The van der Waals surface area contributed by atoms with Gasteiger partial charge in [-0.2, -0.15) is 0 Å². The van der Waals surface area contributed by atoms with E-state index in [1.165, 1.54) is 4.88 Å². The maximum atomic E-state index is 12.1. The molecule has 1 rings (SSSR count). The number of hydrogen-bond acceptors (Lipinski definition) is 3. The summed E-state index contributed by atoms with van der Waals surface area (Å²) in [5.74, 6) is 0.187. The Hall–Kier alpha value is -0.870. The molecule has 0 aliphatic heterocycles. The highest BCUT2D eigenvalue weighted by atomic mass is 32.1. The molecule has 1 amide bonds. The van der Waals surface area contributed by atoms with Gasteiger partial charge >= 0.3 is 0 Å². The summed E-state index contributed by atoms with van der Waals surface area (Å²) in [6, 6.07) is 3.79. The predicted octanol–water partition coefficient (Wildman–Crippen LogP) is 3.08. The van der Waals surface area contributed by atoms with Crippen molar-refractivity contribution in [2.75, 3.05) is 0 Å². The smallest absolute Gasteiger partial charge is 0.237 e. The molecule has 18 heavy (non-hydrogen) atoms. The van der Waals surface area contributed by atoms with E-state index in [4.69, 9.17) is 5.73 Å². The van der Waals surface area contributed by atoms with Gasteiger partial charge < -0.3 is 11.1 Å². The van der Waals surface area contributed by atoms with Crippen molar-refractivity contribution in [1.29, 1.82) is 0 Å². The molecule has 4 heteroatoms. The summed E-state index contributed by atoms with van der Waals surface area (Å²) < 4.78 is 0. The summed E-state index contributed by atoms with van der Waals surface area (Å²) in [6.45, 7) is 6.20. The molecule has 0 aromatic carbocycles. The van der Waals surface area contributed by atoms with Crippen LogP contribution in [0.4, 0.5) is 0 Å². The number of carbonyl (C=O) groups excluding carboxylic acids is 1. The fourth-order valence-electron chi connectivity index (χ4n) is 1.84. The highest BCUT2D eigenvalue weighted by molar-refractivity contribution is 7.10. The molecular weight excluding hydrogens is 244 g/mol. The second-order valence-electron chi connectivity index (χ2n) is 4.78. The fraction of sp³-hybridized carbons (Fsp3) is 0.643. The highest BCUT2D eigenvalue weighted by Crippen LogP contribution is 2.23. The predicted molar refractivity (Wildman–Crippen MR) is 77.5 cm³/mol. The molecule has 3 atom stereocenters. The lowest BCUT2D eigenvalue weighted by atomic mass is 9.98. The van der Waals surface area contributed by atoms with Crippen molar-refractivity contribution in [3.05, 3.63) is 22.4 Å². The lowest BCUT2D eigenvalue weighted by Gasteiger charge is -2.22. The Bertz CT molecular complexity index is 351. The average Bonchev–Trinajstić information content (AvgIpc) is 2.90. The van der Waals surface area contributed by atoms with Gasteiger partial charge in [-0.25, -0.2) is 0 Å². The Morgan fingerprint density at radius 1 is 1.50 bits per heavy atom. The van der Waals surface area contributed by atoms with Crippen molar-refractivity contribution in [2.45, 2.75) is 52.1 Å². The van der Waals surface area contributed by atoms with Gasteiger partial charge in [0, 0.05) is 4.88 Å². The standard InChI is InChI=1S/C14H24N2OS/c1-4-7-11(12-8-6-9-18-12)16-14(17)13(15)10(3)5-2/h6,8-11,13H,4-5,7,15H2,1-3H3,(H,16,17)/t10-,11?,13-/m0/s1. The minimum atomic E-state index is -0.408. The van der Waals surface area contributed by atoms with Crippen LogP contribution >= 0.6 is 11.3 Å². The van der Waals surface area contributed by atoms with Crippen LogP contribution in [0.1, 0.15) is 51.0 Å². The minimum Gasteiger partial charge on any atom is -0.347 e. The average molecular weight is 268 g/mol. The van der Waals surface area contributed by atoms with Gasteiger partial charge in [0.2, 0.25) is 5.91 Å². The molecule has 0 radical (unpaired) electrons.